The van der Waals surface area contributed by atoms with Gasteiger partial charge in [-0.25, -0.2) is 0 Å². The Hall–Kier alpha value is -2.27. The summed E-state index contributed by atoms with van der Waals surface area (Å²) in [6, 6.07) is 9.81. The fourth-order valence-electron chi connectivity index (χ4n) is 6.77. The minimum atomic E-state index is -0.239. The number of hydrogen-bond donors (Lipinski definition) is 1. The second-order valence-electron chi connectivity index (χ2n) is 9.72. The topological polar surface area (TPSA) is 72.0 Å². The van der Waals surface area contributed by atoms with Gasteiger partial charge in [-0.3, -0.25) is 9.59 Å². The van der Waals surface area contributed by atoms with Crippen molar-refractivity contribution in [2.24, 2.45) is 23.2 Å². The van der Waals surface area contributed by atoms with E-state index in [0.29, 0.717) is 42.2 Å². The number of Topliss-reactive ketones (excluding diaryl/α,β-unsaturated/α-hetero) is 1. The number of amides is 1. The number of hydrogen-bond acceptors (Lipinski definition) is 4. The van der Waals surface area contributed by atoms with Gasteiger partial charge in [0, 0.05) is 29.5 Å². The lowest BCUT2D eigenvalue weighted by molar-refractivity contribution is -0.129. The monoisotopic (exact) mass is 437 g/mol. The van der Waals surface area contributed by atoms with Gasteiger partial charge in [0.15, 0.2) is 5.82 Å². The average Bonchev–Trinajstić information content (AvgIpc) is 3.02. The fourth-order valence-corrected chi connectivity index (χ4v) is 6.96. The van der Waals surface area contributed by atoms with Crippen LogP contribution in [0.3, 0.4) is 0 Å². The molecule has 1 aromatic carbocycles. The molecule has 0 saturated heterocycles. The Morgan fingerprint density at radius 3 is 2.97 bits per heavy atom. The number of fused-ring (bicyclic) bond motifs is 5. The van der Waals surface area contributed by atoms with Gasteiger partial charge in [0.05, 0.1) is 0 Å². The predicted octanol–water partition coefficient (Wildman–Crippen LogP) is 5.20. The predicted molar refractivity (Wildman–Crippen MR) is 120 cm³/mol. The summed E-state index contributed by atoms with van der Waals surface area (Å²) in [5.74, 6) is 2.45. The highest BCUT2D eigenvalue weighted by atomic mass is 35.5. The average molecular weight is 438 g/mol. The molecule has 1 amide bonds. The molecule has 5 atom stereocenters. The second-order valence-corrected chi connectivity index (χ2v) is 10.2. The van der Waals surface area contributed by atoms with Crippen LogP contribution in [0.1, 0.15) is 62.5 Å². The summed E-state index contributed by atoms with van der Waals surface area (Å²) in [7, 11) is 0. The summed E-state index contributed by atoms with van der Waals surface area (Å²) < 4.78 is 0. The molecule has 5 nitrogen and oxygen atoms in total. The zero-order valence-corrected chi connectivity index (χ0v) is 18.6. The molecule has 162 valence electrons. The van der Waals surface area contributed by atoms with E-state index in [9.17, 15) is 9.59 Å². The number of ketones is 1. The van der Waals surface area contributed by atoms with Crippen molar-refractivity contribution < 1.29 is 9.59 Å². The van der Waals surface area contributed by atoms with E-state index in [4.69, 9.17) is 11.6 Å². The molecule has 3 unspecified atom stereocenters. The first-order valence-corrected chi connectivity index (χ1v) is 11.7. The van der Waals surface area contributed by atoms with Gasteiger partial charge in [-0.2, -0.15) is 5.10 Å². The summed E-state index contributed by atoms with van der Waals surface area (Å²) in [5, 5.41) is 11.4. The molecule has 31 heavy (non-hydrogen) atoms. The van der Waals surface area contributed by atoms with Gasteiger partial charge in [-0.05, 0) is 91.2 Å². The fraction of sp³-hybridized carbons (Fsp3) is 0.520. The number of halogens is 1. The zero-order chi connectivity index (χ0) is 21.6. The molecule has 0 bridgehead atoms. The standard InChI is InChI=1S/C25H28ClN3O2/c1-25-11-10-19-18-8-6-17(26)13-15(18)4-7-20(19)24(25)16(14-21(25)30)5-9-23(31)28-22-3-2-12-27-29-22/h2-3,6,8,12-13,16,19-20,24H,4-5,7,9-11,14H2,1H3,(H,28,29,31)/t16-,19?,20?,24?,25-/m1/s1. The van der Waals surface area contributed by atoms with Gasteiger partial charge in [-0.15, -0.1) is 5.10 Å². The third kappa shape index (κ3) is 3.67. The molecule has 2 aromatic rings. The number of benzene rings is 1. The van der Waals surface area contributed by atoms with Crippen molar-refractivity contribution in [1.29, 1.82) is 0 Å². The van der Waals surface area contributed by atoms with E-state index in [2.05, 4.69) is 34.6 Å². The maximum Gasteiger partial charge on any atom is 0.225 e. The van der Waals surface area contributed by atoms with E-state index in [0.717, 1.165) is 37.1 Å². The van der Waals surface area contributed by atoms with E-state index >= 15 is 0 Å². The van der Waals surface area contributed by atoms with Gasteiger partial charge in [0.25, 0.3) is 0 Å². The Bertz CT molecular complexity index is 1010. The normalized spacial score (nSPS) is 31.5. The van der Waals surface area contributed by atoms with Crippen LogP contribution < -0.4 is 5.32 Å². The number of aryl methyl sites for hydroxylation is 1. The molecular formula is C25H28ClN3O2. The Labute approximate surface area is 188 Å². The molecule has 2 saturated carbocycles. The highest BCUT2D eigenvalue weighted by Crippen LogP contribution is 2.62. The summed E-state index contributed by atoms with van der Waals surface area (Å²) in [4.78, 5) is 25.6. The SMILES string of the molecule is C[C@]12CCC3c4ccc(Cl)cc4CCC3C1[C@H](CCC(=O)Nc1cccnn1)CC2=O. The molecule has 2 fully saturated rings. The van der Waals surface area contributed by atoms with Crippen LogP contribution in [-0.2, 0) is 16.0 Å². The minimum Gasteiger partial charge on any atom is -0.309 e. The molecule has 0 spiro atoms. The van der Waals surface area contributed by atoms with Crippen LogP contribution >= 0.6 is 11.6 Å². The zero-order valence-electron chi connectivity index (χ0n) is 17.8. The molecule has 3 aliphatic rings. The van der Waals surface area contributed by atoms with Crippen LogP contribution in [0.15, 0.2) is 36.5 Å². The molecule has 0 radical (unpaired) electrons. The first-order valence-electron chi connectivity index (χ1n) is 11.3. The summed E-state index contributed by atoms with van der Waals surface area (Å²) in [5.41, 5.74) is 2.57. The summed E-state index contributed by atoms with van der Waals surface area (Å²) in [6.07, 6.45) is 7.48. The lowest BCUT2D eigenvalue weighted by Crippen LogP contribution is -2.44. The van der Waals surface area contributed by atoms with Crippen molar-refractivity contribution in [3.8, 4) is 0 Å². The van der Waals surface area contributed by atoms with Crippen molar-refractivity contribution in [1.82, 2.24) is 10.2 Å². The number of nitrogens with one attached hydrogen (secondary N) is 1. The van der Waals surface area contributed by atoms with Crippen LogP contribution in [0.25, 0.3) is 0 Å². The van der Waals surface area contributed by atoms with Crippen molar-refractivity contribution in [3.63, 3.8) is 0 Å². The summed E-state index contributed by atoms with van der Waals surface area (Å²) >= 11 is 6.24. The van der Waals surface area contributed by atoms with E-state index < -0.39 is 0 Å². The third-order valence-corrected chi connectivity index (χ3v) is 8.35. The maximum absolute atomic E-state index is 13.1. The van der Waals surface area contributed by atoms with E-state index in [1.54, 1.807) is 18.3 Å². The molecular weight excluding hydrogens is 410 g/mol. The third-order valence-electron chi connectivity index (χ3n) is 8.11. The van der Waals surface area contributed by atoms with Crippen LogP contribution in [-0.4, -0.2) is 21.9 Å². The first kappa shape index (κ1) is 20.6. The number of carbonyl (C=O) groups excluding carboxylic acids is 2. The highest BCUT2D eigenvalue weighted by Gasteiger charge is 2.58. The van der Waals surface area contributed by atoms with Crippen molar-refractivity contribution in [3.05, 3.63) is 52.7 Å². The van der Waals surface area contributed by atoms with E-state index in [1.807, 2.05) is 6.07 Å². The smallest absolute Gasteiger partial charge is 0.225 e. The molecule has 1 N–H and O–H groups in total. The van der Waals surface area contributed by atoms with Gasteiger partial charge in [0.2, 0.25) is 5.91 Å². The number of aromatic nitrogens is 2. The van der Waals surface area contributed by atoms with Gasteiger partial charge >= 0.3 is 0 Å². The largest absolute Gasteiger partial charge is 0.309 e. The van der Waals surface area contributed by atoms with Crippen molar-refractivity contribution >= 4 is 29.1 Å². The Balaban J connectivity index is 1.33. The molecule has 3 aliphatic carbocycles. The highest BCUT2D eigenvalue weighted by molar-refractivity contribution is 6.30. The lowest BCUT2D eigenvalue weighted by atomic mass is 9.54. The maximum atomic E-state index is 13.1. The minimum absolute atomic E-state index is 0.0578. The van der Waals surface area contributed by atoms with Gasteiger partial charge in [0.1, 0.15) is 5.78 Å². The molecule has 6 heteroatoms. The van der Waals surface area contributed by atoms with E-state index in [-0.39, 0.29) is 17.2 Å². The van der Waals surface area contributed by atoms with Crippen LogP contribution in [0.4, 0.5) is 5.82 Å². The molecule has 1 aromatic heterocycles. The molecule has 1 heterocycles. The molecule has 5 rings (SSSR count). The van der Waals surface area contributed by atoms with Crippen LogP contribution in [0.5, 0.6) is 0 Å². The van der Waals surface area contributed by atoms with Crippen molar-refractivity contribution in [2.75, 3.05) is 5.32 Å². The van der Waals surface area contributed by atoms with Gasteiger partial charge < -0.3 is 5.32 Å². The number of anilines is 1. The van der Waals surface area contributed by atoms with Crippen LogP contribution in [0, 0.1) is 23.2 Å². The second kappa shape index (κ2) is 8.01. The number of rotatable bonds is 4. The Morgan fingerprint density at radius 2 is 2.16 bits per heavy atom. The summed E-state index contributed by atoms with van der Waals surface area (Å²) in [6.45, 7) is 2.19. The molecule has 0 aliphatic heterocycles. The Morgan fingerprint density at radius 1 is 1.29 bits per heavy atom. The van der Waals surface area contributed by atoms with E-state index in [1.165, 1.54) is 11.1 Å². The quantitative estimate of drug-likeness (QED) is 0.713. The Kier molecular flexibility index (Phi) is 5.33. The lowest BCUT2D eigenvalue weighted by Gasteiger charge is -2.50. The van der Waals surface area contributed by atoms with Crippen LogP contribution in [0.2, 0.25) is 5.02 Å². The van der Waals surface area contributed by atoms with Crippen molar-refractivity contribution in [2.45, 2.75) is 57.8 Å². The number of carbonyl (C=O) groups is 2. The first-order chi connectivity index (χ1) is 15.0. The van der Waals surface area contributed by atoms with Gasteiger partial charge in [-0.1, -0.05) is 24.6 Å². The number of nitrogens with zero attached hydrogens (tertiary/aromatic N) is 2.